The van der Waals surface area contributed by atoms with Gasteiger partial charge < -0.3 is 14.4 Å². The Kier molecular flexibility index (Phi) is 3.72. The van der Waals surface area contributed by atoms with E-state index >= 15 is 0 Å². The van der Waals surface area contributed by atoms with Crippen LogP contribution in [0.4, 0.5) is 0 Å². The number of para-hydroxylation sites is 2. The summed E-state index contributed by atoms with van der Waals surface area (Å²) < 4.78 is 13.0. The molecule has 1 aliphatic rings. The number of hydrogen-bond acceptors (Lipinski definition) is 5. The Balaban J connectivity index is 1.56. The summed E-state index contributed by atoms with van der Waals surface area (Å²) in [6.07, 6.45) is 2.74. The quantitative estimate of drug-likeness (QED) is 0.823. The standard InChI is InChI=1S/C14H16N4O3/c1-17(14(19)7-18-10-15-9-16-18)6-11-8-20-12-4-2-3-5-13(12)21-11/h2-5,9-11H,6-8H2,1H3. The Bertz CT molecular complexity index is 614. The second-order valence-corrected chi connectivity index (χ2v) is 4.86. The third-order valence-corrected chi connectivity index (χ3v) is 3.23. The Morgan fingerprint density at radius 1 is 1.43 bits per heavy atom. The molecule has 1 aromatic heterocycles. The zero-order valence-corrected chi connectivity index (χ0v) is 11.7. The molecule has 7 heteroatoms. The molecule has 0 N–H and O–H groups in total. The molecule has 1 aromatic carbocycles. The van der Waals surface area contributed by atoms with Gasteiger partial charge in [0.2, 0.25) is 5.91 Å². The number of likely N-dealkylation sites (N-methyl/N-ethyl adjacent to an activating group) is 1. The second-order valence-electron chi connectivity index (χ2n) is 4.86. The van der Waals surface area contributed by atoms with Crippen molar-refractivity contribution in [3.8, 4) is 11.5 Å². The van der Waals surface area contributed by atoms with Crippen LogP contribution >= 0.6 is 0 Å². The first kappa shape index (κ1) is 13.4. The summed E-state index contributed by atoms with van der Waals surface area (Å²) in [7, 11) is 1.74. The minimum absolute atomic E-state index is 0.0528. The third-order valence-electron chi connectivity index (χ3n) is 3.23. The van der Waals surface area contributed by atoms with E-state index in [0.29, 0.717) is 18.9 Å². The van der Waals surface area contributed by atoms with E-state index in [-0.39, 0.29) is 18.6 Å². The number of hydrogen-bond donors (Lipinski definition) is 0. The molecule has 0 fully saturated rings. The molecule has 110 valence electrons. The topological polar surface area (TPSA) is 69.5 Å². The molecule has 2 heterocycles. The maximum Gasteiger partial charge on any atom is 0.244 e. The van der Waals surface area contributed by atoms with E-state index < -0.39 is 0 Å². The van der Waals surface area contributed by atoms with Crippen LogP contribution in [0.2, 0.25) is 0 Å². The molecule has 21 heavy (non-hydrogen) atoms. The predicted molar refractivity (Wildman–Crippen MR) is 74.0 cm³/mol. The van der Waals surface area contributed by atoms with Gasteiger partial charge in [-0.2, -0.15) is 5.10 Å². The van der Waals surface area contributed by atoms with Crippen molar-refractivity contribution in [1.82, 2.24) is 19.7 Å². The van der Waals surface area contributed by atoms with Gasteiger partial charge in [0, 0.05) is 7.05 Å². The molecule has 0 saturated heterocycles. The van der Waals surface area contributed by atoms with E-state index in [1.165, 1.54) is 17.3 Å². The first-order chi connectivity index (χ1) is 10.2. The van der Waals surface area contributed by atoms with Crippen LogP contribution < -0.4 is 9.47 Å². The highest BCUT2D eigenvalue weighted by molar-refractivity contribution is 5.75. The molecule has 7 nitrogen and oxygen atoms in total. The molecule has 3 rings (SSSR count). The van der Waals surface area contributed by atoms with Gasteiger partial charge in [-0.15, -0.1) is 0 Å². The van der Waals surface area contributed by atoms with E-state index in [0.717, 1.165) is 5.75 Å². The van der Waals surface area contributed by atoms with Crippen molar-refractivity contribution in [2.45, 2.75) is 12.6 Å². The van der Waals surface area contributed by atoms with Crippen molar-refractivity contribution < 1.29 is 14.3 Å². The van der Waals surface area contributed by atoms with Gasteiger partial charge in [0.25, 0.3) is 0 Å². The molecular formula is C14H16N4O3. The van der Waals surface area contributed by atoms with Crippen molar-refractivity contribution in [3.63, 3.8) is 0 Å². The van der Waals surface area contributed by atoms with Crippen molar-refractivity contribution in [2.24, 2.45) is 0 Å². The molecule has 2 aromatic rings. The van der Waals surface area contributed by atoms with Crippen LogP contribution in [0, 0.1) is 0 Å². The molecule has 0 saturated carbocycles. The number of rotatable bonds is 4. The highest BCUT2D eigenvalue weighted by Crippen LogP contribution is 2.30. The molecule has 0 radical (unpaired) electrons. The molecule has 1 unspecified atom stereocenters. The summed E-state index contributed by atoms with van der Waals surface area (Å²) in [5, 5.41) is 3.92. The van der Waals surface area contributed by atoms with Crippen LogP contribution in [0.1, 0.15) is 0 Å². The second kappa shape index (κ2) is 5.82. The molecule has 1 aliphatic heterocycles. The fourth-order valence-corrected chi connectivity index (χ4v) is 2.13. The number of carbonyl (C=O) groups excluding carboxylic acids is 1. The predicted octanol–water partition coefficient (Wildman–Crippen LogP) is 0.577. The first-order valence-electron chi connectivity index (χ1n) is 6.67. The van der Waals surface area contributed by atoms with Crippen molar-refractivity contribution in [3.05, 3.63) is 36.9 Å². The van der Waals surface area contributed by atoms with Crippen LogP contribution in [-0.4, -0.2) is 51.9 Å². The fraction of sp³-hybridized carbons (Fsp3) is 0.357. The normalized spacial score (nSPS) is 16.5. The summed E-state index contributed by atoms with van der Waals surface area (Å²) in [5.41, 5.74) is 0. The molecule has 0 bridgehead atoms. The molecule has 0 aliphatic carbocycles. The SMILES string of the molecule is CN(CC1COc2ccccc2O1)C(=O)Cn1cncn1. The Hall–Kier alpha value is -2.57. The van der Waals surface area contributed by atoms with Crippen LogP contribution in [0.15, 0.2) is 36.9 Å². The number of ether oxygens (including phenoxy) is 2. The number of benzene rings is 1. The maximum atomic E-state index is 12.1. The number of carbonyl (C=O) groups is 1. The van der Waals surface area contributed by atoms with Gasteiger partial charge in [0.1, 0.15) is 25.8 Å². The summed E-state index contributed by atoms with van der Waals surface area (Å²) in [6, 6.07) is 7.52. The largest absolute Gasteiger partial charge is 0.486 e. The van der Waals surface area contributed by atoms with Gasteiger partial charge in [-0.25, -0.2) is 9.67 Å². The van der Waals surface area contributed by atoms with Gasteiger partial charge in [0.05, 0.1) is 6.54 Å². The fourth-order valence-electron chi connectivity index (χ4n) is 2.13. The Labute approximate surface area is 122 Å². The minimum atomic E-state index is -0.176. The zero-order chi connectivity index (χ0) is 14.7. The highest BCUT2D eigenvalue weighted by atomic mass is 16.6. The molecule has 1 amide bonds. The first-order valence-corrected chi connectivity index (χ1v) is 6.67. The van der Waals surface area contributed by atoms with Gasteiger partial charge in [-0.3, -0.25) is 4.79 Å². The Morgan fingerprint density at radius 3 is 3.00 bits per heavy atom. The van der Waals surface area contributed by atoms with Crippen LogP contribution in [0.5, 0.6) is 11.5 Å². The lowest BCUT2D eigenvalue weighted by Crippen LogP contribution is -2.42. The van der Waals surface area contributed by atoms with E-state index in [9.17, 15) is 4.79 Å². The van der Waals surface area contributed by atoms with Crippen LogP contribution in [0.3, 0.4) is 0 Å². The Morgan fingerprint density at radius 2 is 2.24 bits per heavy atom. The van der Waals surface area contributed by atoms with E-state index in [1.54, 1.807) is 11.9 Å². The summed E-state index contributed by atoms with van der Waals surface area (Å²) in [5.74, 6) is 1.40. The number of amides is 1. The highest BCUT2D eigenvalue weighted by Gasteiger charge is 2.23. The summed E-state index contributed by atoms with van der Waals surface area (Å²) in [4.78, 5) is 17.5. The van der Waals surface area contributed by atoms with E-state index in [4.69, 9.17) is 9.47 Å². The van der Waals surface area contributed by atoms with E-state index in [1.807, 2.05) is 24.3 Å². The third kappa shape index (κ3) is 3.13. The lowest BCUT2D eigenvalue weighted by atomic mass is 10.2. The van der Waals surface area contributed by atoms with Gasteiger partial charge in [-0.1, -0.05) is 12.1 Å². The smallest absolute Gasteiger partial charge is 0.244 e. The van der Waals surface area contributed by atoms with E-state index in [2.05, 4.69) is 10.1 Å². The monoisotopic (exact) mass is 288 g/mol. The van der Waals surface area contributed by atoms with Gasteiger partial charge >= 0.3 is 0 Å². The lowest BCUT2D eigenvalue weighted by molar-refractivity contribution is -0.132. The van der Waals surface area contributed by atoms with Crippen molar-refractivity contribution >= 4 is 5.91 Å². The van der Waals surface area contributed by atoms with Crippen molar-refractivity contribution in [1.29, 1.82) is 0 Å². The minimum Gasteiger partial charge on any atom is -0.486 e. The van der Waals surface area contributed by atoms with Crippen LogP contribution in [-0.2, 0) is 11.3 Å². The summed E-state index contributed by atoms with van der Waals surface area (Å²) in [6.45, 7) is 1.06. The average Bonchev–Trinajstić information content (AvgIpc) is 3.00. The summed E-state index contributed by atoms with van der Waals surface area (Å²) >= 11 is 0. The number of nitrogens with zero attached hydrogens (tertiary/aromatic N) is 4. The number of fused-ring (bicyclic) bond motifs is 1. The maximum absolute atomic E-state index is 12.1. The van der Waals surface area contributed by atoms with Gasteiger partial charge in [0.15, 0.2) is 17.6 Å². The zero-order valence-electron chi connectivity index (χ0n) is 11.7. The lowest BCUT2D eigenvalue weighted by Gasteiger charge is -2.29. The van der Waals surface area contributed by atoms with Gasteiger partial charge in [-0.05, 0) is 12.1 Å². The van der Waals surface area contributed by atoms with Crippen LogP contribution in [0.25, 0.3) is 0 Å². The molecule has 0 spiro atoms. The number of aromatic nitrogens is 3. The molecular weight excluding hydrogens is 272 g/mol. The molecule has 1 atom stereocenters. The average molecular weight is 288 g/mol. The van der Waals surface area contributed by atoms with Crippen molar-refractivity contribution in [2.75, 3.05) is 20.2 Å².